The molecule has 0 fully saturated rings. The van der Waals surface area contributed by atoms with E-state index in [1.165, 1.54) is 0 Å². The number of hydrogen-bond acceptors (Lipinski definition) is 2. The highest BCUT2D eigenvalue weighted by Crippen LogP contribution is 2.19. The van der Waals surface area contributed by atoms with Crippen molar-refractivity contribution in [3.05, 3.63) is 69.2 Å². The van der Waals surface area contributed by atoms with Gasteiger partial charge in [-0.3, -0.25) is 9.59 Å². The summed E-state index contributed by atoms with van der Waals surface area (Å²) in [6, 6.07) is 14.7. The van der Waals surface area contributed by atoms with E-state index < -0.39 is 6.04 Å². The molecule has 2 aromatic carbocycles. The first-order chi connectivity index (χ1) is 12.4. The number of likely N-dealkylation sites (N-methyl/N-ethyl adjacent to an activating group) is 1. The number of hydrogen-bond donors (Lipinski definition) is 1. The Bertz CT molecular complexity index is 765. The number of aryl methyl sites for hydroxylation is 1. The third-order valence-electron chi connectivity index (χ3n) is 4.25. The Morgan fingerprint density at radius 1 is 1.15 bits per heavy atom. The first-order valence-electron chi connectivity index (χ1n) is 8.41. The number of nitrogens with zero attached hydrogens (tertiary/aromatic N) is 1. The fourth-order valence-corrected chi connectivity index (χ4v) is 3.16. The van der Waals surface area contributed by atoms with Crippen LogP contribution in [-0.2, 0) is 22.6 Å². The molecule has 0 unspecified atom stereocenters. The topological polar surface area (TPSA) is 49.4 Å². The fraction of sp³-hybridized carbons (Fsp3) is 0.300. The highest BCUT2D eigenvalue weighted by atomic mass is 79.9. The number of benzene rings is 2. The van der Waals surface area contributed by atoms with Crippen LogP contribution in [0.3, 0.4) is 0 Å². The lowest BCUT2D eigenvalue weighted by Crippen LogP contribution is -2.46. The van der Waals surface area contributed by atoms with Gasteiger partial charge in [0.15, 0.2) is 0 Å². The van der Waals surface area contributed by atoms with E-state index in [1.54, 1.807) is 18.9 Å². The molecule has 0 aliphatic carbocycles. The average Bonchev–Trinajstić information content (AvgIpc) is 2.65. The Hall–Kier alpha value is -1.85. The van der Waals surface area contributed by atoms with E-state index in [0.29, 0.717) is 24.4 Å². The SMILES string of the molecule is CNC(=O)[C@H](C)N(Cc1ccc(Br)cc1)C(=O)CCc1ccccc1Cl. The van der Waals surface area contributed by atoms with Gasteiger partial charge >= 0.3 is 0 Å². The molecule has 2 amide bonds. The predicted octanol–water partition coefficient (Wildman–Crippen LogP) is 4.20. The fourth-order valence-electron chi connectivity index (χ4n) is 2.66. The lowest BCUT2D eigenvalue weighted by Gasteiger charge is -2.28. The molecule has 0 aliphatic heterocycles. The van der Waals surface area contributed by atoms with E-state index in [9.17, 15) is 9.59 Å². The van der Waals surface area contributed by atoms with Gasteiger partial charge in [0.05, 0.1) is 0 Å². The normalized spacial score (nSPS) is 11.7. The van der Waals surface area contributed by atoms with Gasteiger partial charge in [-0.05, 0) is 42.7 Å². The van der Waals surface area contributed by atoms with Gasteiger partial charge in [-0.15, -0.1) is 0 Å². The van der Waals surface area contributed by atoms with Crippen molar-refractivity contribution < 1.29 is 9.59 Å². The molecule has 0 bridgehead atoms. The summed E-state index contributed by atoms with van der Waals surface area (Å²) in [5.41, 5.74) is 1.90. The highest BCUT2D eigenvalue weighted by molar-refractivity contribution is 9.10. The molecule has 0 heterocycles. The minimum absolute atomic E-state index is 0.0797. The molecule has 6 heteroatoms. The second-order valence-corrected chi connectivity index (χ2v) is 7.35. The lowest BCUT2D eigenvalue weighted by molar-refractivity contribution is -0.140. The molecular formula is C20H22BrClN2O2. The molecule has 1 N–H and O–H groups in total. The smallest absolute Gasteiger partial charge is 0.242 e. The summed E-state index contributed by atoms with van der Waals surface area (Å²) in [5, 5.41) is 3.27. The summed E-state index contributed by atoms with van der Waals surface area (Å²) >= 11 is 9.58. The van der Waals surface area contributed by atoms with Crippen molar-refractivity contribution in [2.45, 2.75) is 32.4 Å². The van der Waals surface area contributed by atoms with Crippen LogP contribution >= 0.6 is 27.5 Å². The third kappa shape index (κ3) is 5.58. The van der Waals surface area contributed by atoms with Gasteiger partial charge in [-0.25, -0.2) is 0 Å². The van der Waals surface area contributed by atoms with E-state index in [-0.39, 0.29) is 11.8 Å². The van der Waals surface area contributed by atoms with Crippen molar-refractivity contribution in [1.82, 2.24) is 10.2 Å². The van der Waals surface area contributed by atoms with Gasteiger partial charge in [0.1, 0.15) is 6.04 Å². The number of carbonyl (C=O) groups is 2. The van der Waals surface area contributed by atoms with Crippen LogP contribution in [0, 0.1) is 0 Å². The number of amides is 2. The van der Waals surface area contributed by atoms with Crippen LogP contribution in [-0.4, -0.2) is 29.8 Å². The van der Waals surface area contributed by atoms with Crippen molar-refractivity contribution in [3.8, 4) is 0 Å². The van der Waals surface area contributed by atoms with Crippen LogP contribution < -0.4 is 5.32 Å². The van der Waals surface area contributed by atoms with Gasteiger partial charge in [-0.1, -0.05) is 57.9 Å². The number of nitrogens with one attached hydrogen (secondary N) is 1. The minimum atomic E-state index is -0.553. The summed E-state index contributed by atoms with van der Waals surface area (Å²) < 4.78 is 0.970. The maximum absolute atomic E-state index is 12.9. The maximum Gasteiger partial charge on any atom is 0.242 e. The Morgan fingerprint density at radius 2 is 1.81 bits per heavy atom. The quantitative estimate of drug-likeness (QED) is 0.706. The summed E-state index contributed by atoms with van der Waals surface area (Å²) in [5.74, 6) is -0.267. The number of halogens is 2. The number of carbonyl (C=O) groups excluding carboxylic acids is 2. The van der Waals surface area contributed by atoms with E-state index in [4.69, 9.17) is 11.6 Å². The molecule has 4 nitrogen and oxygen atoms in total. The molecule has 2 rings (SSSR count). The van der Waals surface area contributed by atoms with E-state index in [1.807, 2.05) is 48.5 Å². The van der Waals surface area contributed by atoms with Gasteiger partial charge in [-0.2, -0.15) is 0 Å². The molecule has 0 radical (unpaired) electrons. The molecular weight excluding hydrogens is 416 g/mol. The molecule has 138 valence electrons. The van der Waals surface area contributed by atoms with Crippen LogP contribution in [0.1, 0.15) is 24.5 Å². The Balaban J connectivity index is 2.13. The monoisotopic (exact) mass is 436 g/mol. The van der Waals surface area contributed by atoms with Crippen LogP contribution in [0.2, 0.25) is 5.02 Å². The Morgan fingerprint density at radius 3 is 2.42 bits per heavy atom. The van der Waals surface area contributed by atoms with Crippen LogP contribution in [0.5, 0.6) is 0 Å². The van der Waals surface area contributed by atoms with Crippen molar-refractivity contribution in [2.24, 2.45) is 0 Å². The molecule has 0 aliphatic rings. The molecule has 1 atom stereocenters. The van der Waals surface area contributed by atoms with E-state index in [2.05, 4.69) is 21.2 Å². The maximum atomic E-state index is 12.9. The summed E-state index contributed by atoms with van der Waals surface area (Å²) in [6.07, 6.45) is 0.831. The second kappa shape index (κ2) is 9.74. The minimum Gasteiger partial charge on any atom is -0.357 e. The molecule has 2 aromatic rings. The third-order valence-corrected chi connectivity index (χ3v) is 5.14. The Labute approximate surface area is 167 Å². The van der Waals surface area contributed by atoms with Crippen LogP contribution in [0.4, 0.5) is 0 Å². The van der Waals surface area contributed by atoms with Crippen molar-refractivity contribution in [3.63, 3.8) is 0 Å². The zero-order chi connectivity index (χ0) is 19.1. The van der Waals surface area contributed by atoms with Gasteiger partial charge in [0.25, 0.3) is 0 Å². The molecule has 0 saturated carbocycles. The van der Waals surface area contributed by atoms with Crippen molar-refractivity contribution in [1.29, 1.82) is 0 Å². The van der Waals surface area contributed by atoms with Gasteiger partial charge in [0, 0.05) is 29.5 Å². The largest absolute Gasteiger partial charge is 0.357 e. The second-order valence-electron chi connectivity index (χ2n) is 6.03. The van der Waals surface area contributed by atoms with Gasteiger partial charge in [0.2, 0.25) is 11.8 Å². The zero-order valence-corrected chi connectivity index (χ0v) is 17.2. The van der Waals surface area contributed by atoms with Crippen LogP contribution in [0.25, 0.3) is 0 Å². The first-order valence-corrected chi connectivity index (χ1v) is 9.58. The van der Waals surface area contributed by atoms with Crippen LogP contribution in [0.15, 0.2) is 53.0 Å². The molecule has 0 saturated heterocycles. The molecule has 26 heavy (non-hydrogen) atoms. The van der Waals surface area contributed by atoms with Crippen molar-refractivity contribution >= 4 is 39.3 Å². The average molecular weight is 438 g/mol. The molecule has 0 spiro atoms. The first kappa shape index (κ1) is 20.5. The van der Waals surface area contributed by atoms with E-state index >= 15 is 0 Å². The van der Waals surface area contributed by atoms with E-state index in [0.717, 1.165) is 15.6 Å². The lowest BCUT2D eigenvalue weighted by atomic mass is 10.1. The molecule has 0 aromatic heterocycles. The Kier molecular flexibility index (Phi) is 7.66. The summed E-state index contributed by atoms with van der Waals surface area (Å²) in [6.45, 7) is 2.12. The zero-order valence-electron chi connectivity index (χ0n) is 14.8. The predicted molar refractivity (Wildman–Crippen MR) is 108 cm³/mol. The highest BCUT2D eigenvalue weighted by Gasteiger charge is 2.25. The van der Waals surface area contributed by atoms with Crippen molar-refractivity contribution in [2.75, 3.05) is 7.05 Å². The summed E-state index contributed by atoms with van der Waals surface area (Å²) in [4.78, 5) is 26.6. The summed E-state index contributed by atoms with van der Waals surface area (Å²) in [7, 11) is 1.57. The number of rotatable bonds is 7. The van der Waals surface area contributed by atoms with Gasteiger partial charge < -0.3 is 10.2 Å². The standard InChI is InChI=1S/C20H22BrClN2O2/c1-14(20(26)23-2)24(13-15-7-10-17(21)11-8-15)19(25)12-9-16-5-3-4-6-18(16)22/h3-8,10-11,14H,9,12-13H2,1-2H3,(H,23,26)/t14-/m0/s1.